The maximum absolute atomic E-state index is 12.6. The van der Waals surface area contributed by atoms with E-state index in [1.165, 1.54) is 12.8 Å². The Kier molecular flexibility index (Phi) is 3.60. The molecule has 3 fully saturated rings. The van der Waals surface area contributed by atoms with Crippen molar-refractivity contribution in [2.24, 2.45) is 5.92 Å². The molecule has 5 rings (SSSR count). The van der Waals surface area contributed by atoms with Gasteiger partial charge in [0.1, 0.15) is 5.69 Å². The SMILES string of the molecule is CCc1coc2cnc(C(=O)NC3CN4CCC3CC4C)cc12. The van der Waals surface area contributed by atoms with Gasteiger partial charge in [-0.3, -0.25) is 9.69 Å². The Balaban J connectivity index is 1.53. The van der Waals surface area contributed by atoms with E-state index >= 15 is 0 Å². The Hall–Kier alpha value is -1.88. The predicted octanol–water partition coefficient (Wildman–Crippen LogP) is 2.60. The van der Waals surface area contributed by atoms with Gasteiger partial charge in [0.2, 0.25) is 0 Å². The van der Waals surface area contributed by atoms with Crippen LogP contribution in [-0.2, 0) is 6.42 Å². The van der Waals surface area contributed by atoms with Crippen LogP contribution in [0.5, 0.6) is 0 Å². The number of hydrogen-bond acceptors (Lipinski definition) is 4. The highest BCUT2D eigenvalue weighted by Crippen LogP contribution is 2.32. The number of nitrogens with zero attached hydrogens (tertiary/aromatic N) is 2. The van der Waals surface area contributed by atoms with Crippen molar-refractivity contribution in [2.75, 3.05) is 13.1 Å². The largest absolute Gasteiger partial charge is 0.462 e. The van der Waals surface area contributed by atoms with Crippen LogP contribution in [0.3, 0.4) is 0 Å². The lowest BCUT2D eigenvalue weighted by molar-refractivity contribution is 0.0273. The van der Waals surface area contributed by atoms with Crippen LogP contribution >= 0.6 is 0 Å². The van der Waals surface area contributed by atoms with Crippen molar-refractivity contribution in [1.29, 1.82) is 0 Å². The van der Waals surface area contributed by atoms with Crippen molar-refractivity contribution in [3.8, 4) is 0 Å². The molecule has 3 aliphatic heterocycles. The molecule has 3 aliphatic rings. The number of rotatable bonds is 3. The Morgan fingerprint density at radius 2 is 2.39 bits per heavy atom. The zero-order valence-corrected chi connectivity index (χ0v) is 13.7. The van der Waals surface area contributed by atoms with Gasteiger partial charge >= 0.3 is 0 Å². The minimum Gasteiger partial charge on any atom is -0.462 e. The van der Waals surface area contributed by atoms with Gasteiger partial charge in [0.15, 0.2) is 5.58 Å². The fourth-order valence-electron chi connectivity index (χ4n) is 4.09. The van der Waals surface area contributed by atoms with Gasteiger partial charge < -0.3 is 9.73 Å². The highest BCUT2D eigenvalue weighted by atomic mass is 16.3. The van der Waals surface area contributed by atoms with Crippen LogP contribution in [0.2, 0.25) is 0 Å². The minimum atomic E-state index is -0.0680. The minimum absolute atomic E-state index is 0.0680. The molecule has 0 aliphatic carbocycles. The molecule has 4 atom stereocenters. The second-order valence-electron chi connectivity index (χ2n) is 6.89. The summed E-state index contributed by atoms with van der Waals surface area (Å²) in [5, 5.41) is 4.20. The molecule has 0 radical (unpaired) electrons. The van der Waals surface area contributed by atoms with Crippen molar-refractivity contribution in [2.45, 2.75) is 45.2 Å². The summed E-state index contributed by atoms with van der Waals surface area (Å²) in [5.74, 6) is 0.532. The fourth-order valence-corrected chi connectivity index (χ4v) is 4.09. The van der Waals surface area contributed by atoms with Crippen molar-refractivity contribution in [1.82, 2.24) is 15.2 Å². The molecule has 1 amide bonds. The Morgan fingerprint density at radius 1 is 1.52 bits per heavy atom. The summed E-state index contributed by atoms with van der Waals surface area (Å²) in [7, 11) is 0. The lowest BCUT2D eigenvalue weighted by Crippen LogP contribution is -2.60. The summed E-state index contributed by atoms with van der Waals surface area (Å²) in [6.07, 6.45) is 6.66. The average molecular weight is 313 g/mol. The van der Waals surface area contributed by atoms with E-state index in [0.717, 1.165) is 36.0 Å². The van der Waals surface area contributed by atoms with E-state index in [9.17, 15) is 4.79 Å². The summed E-state index contributed by atoms with van der Waals surface area (Å²) >= 11 is 0. The lowest BCUT2D eigenvalue weighted by atomic mass is 9.80. The first kappa shape index (κ1) is 14.7. The van der Waals surface area contributed by atoms with Crippen LogP contribution in [0, 0.1) is 5.92 Å². The molecule has 4 unspecified atom stereocenters. The first-order valence-corrected chi connectivity index (χ1v) is 8.56. The highest BCUT2D eigenvalue weighted by molar-refractivity contribution is 5.96. The second kappa shape index (κ2) is 5.64. The third kappa shape index (κ3) is 2.53. The maximum Gasteiger partial charge on any atom is 0.270 e. The Bertz CT molecular complexity index is 739. The predicted molar refractivity (Wildman–Crippen MR) is 88.4 cm³/mol. The summed E-state index contributed by atoms with van der Waals surface area (Å²) in [6.45, 7) is 6.49. The monoisotopic (exact) mass is 313 g/mol. The van der Waals surface area contributed by atoms with E-state index < -0.39 is 0 Å². The molecular formula is C18H23N3O2. The number of amides is 1. The van der Waals surface area contributed by atoms with E-state index in [1.807, 2.05) is 6.07 Å². The quantitative estimate of drug-likeness (QED) is 0.946. The zero-order chi connectivity index (χ0) is 16.0. The normalized spacial score (nSPS) is 29.8. The van der Waals surface area contributed by atoms with Gasteiger partial charge in [-0.25, -0.2) is 4.98 Å². The number of carbonyl (C=O) groups is 1. The molecule has 23 heavy (non-hydrogen) atoms. The third-order valence-corrected chi connectivity index (χ3v) is 5.53. The first-order chi connectivity index (χ1) is 11.2. The van der Waals surface area contributed by atoms with Crippen LogP contribution in [-0.4, -0.2) is 41.0 Å². The van der Waals surface area contributed by atoms with Gasteiger partial charge in [-0.1, -0.05) is 6.92 Å². The summed E-state index contributed by atoms with van der Waals surface area (Å²) in [5.41, 5.74) is 2.35. The number of furan rings is 1. The van der Waals surface area contributed by atoms with Crippen LogP contribution in [0.25, 0.3) is 11.0 Å². The number of nitrogens with one attached hydrogen (secondary N) is 1. The molecule has 2 bridgehead atoms. The highest BCUT2D eigenvalue weighted by Gasteiger charge is 2.38. The second-order valence-corrected chi connectivity index (χ2v) is 6.89. The molecular weight excluding hydrogens is 290 g/mol. The Morgan fingerprint density at radius 3 is 3.09 bits per heavy atom. The zero-order valence-electron chi connectivity index (χ0n) is 13.7. The van der Waals surface area contributed by atoms with Gasteiger partial charge in [-0.05, 0) is 50.3 Å². The van der Waals surface area contributed by atoms with Gasteiger partial charge in [-0.2, -0.15) is 0 Å². The number of fused-ring (bicyclic) bond motifs is 4. The first-order valence-electron chi connectivity index (χ1n) is 8.56. The van der Waals surface area contributed by atoms with Gasteiger partial charge in [-0.15, -0.1) is 0 Å². The standard InChI is InChI=1S/C18H23N3O2/c1-3-12-10-23-17-8-19-15(7-14(12)17)18(22)20-16-9-21-5-4-13(16)6-11(21)2/h7-8,10-11,13,16H,3-6,9H2,1-2H3,(H,20,22). The molecule has 3 saturated heterocycles. The average Bonchev–Trinajstić information content (AvgIpc) is 2.98. The van der Waals surface area contributed by atoms with Crippen molar-refractivity contribution < 1.29 is 9.21 Å². The van der Waals surface area contributed by atoms with Crippen LogP contribution in [0.15, 0.2) is 22.9 Å². The Labute approximate surface area is 136 Å². The number of aryl methyl sites for hydroxylation is 1. The number of piperidine rings is 3. The molecule has 0 aromatic carbocycles. The summed E-state index contributed by atoms with van der Waals surface area (Å²) in [6, 6.07) is 2.76. The molecule has 5 heterocycles. The maximum atomic E-state index is 12.6. The van der Waals surface area contributed by atoms with Crippen LogP contribution in [0.1, 0.15) is 42.7 Å². The number of carbonyl (C=O) groups excluding carboxylic acids is 1. The van der Waals surface area contributed by atoms with E-state index in [2.05, 4.69) is 29.0 Å². The fraction of sp³-hybridized carbons (Fsp3) is 0.556. The molecule has 2 aromatic heterocycles. The topological polar surface area (TPSA) is 58.4 Å². The van der Waals surface area contributed by atoms with E-state index in [-0.39, 0.29) is 11.9 Å². The van der Waals surface area contributed by atoms with Gasteiger partial charge in [0.25, 0.3) is 5.91 Å². The lowest BCUT2D eigenvalue weighted by Gasteiger charge is -2.48. The molecule has 1 N–H and O–H groups in total. The van der Waals surface area contributed by atoms with E-state index in [0.29, 0.717) is 17.7 Å². The van der Waals surface area contributed by atoms with Gasteiger partial charge in [0, 0.05) is 24.0 Å². The van der Waals surface area contributed by atoms with Crippen LogP contribution < -0.4 is 5.32 Å². The molecule has 122 valence electrons. The van der Waals surface area contributed by atoms with Gasteiger partial charge in [0.05, 0.1) is 12.5 Å². The third-order valence-electron chi connectivity index (χ3n) is 5.53. The molecule has 5 nitrogen and oxygen atoms in total. The number of aromatic nitrogens is 1. The van der Waals surface area contributed by atoms with Crippen molar-refractivity contribution in [3.63, 3.8) is 0 Å². The van der Waals surface area contributed by atoms with Crippen molar-refractivity contribution >= 4 is 16.9 Å². The smallest absolute Gasteiger partial charge is 0.270 e. The molecule has 2 aromatic rings. The van der Waals surface area contributed by atoms with Crippen molar-refractivity contribution in [3.05, 3.63) is 29.8 Å². The summed E-state index contributed by atoms with van der Waals surface area (Å²) in [4.78, 5) is 19.4. The summed E-state index contributed by atoms with van der Waals surface area (Å²) < 4.78 is 5.48. The van der Waals surface area contributed by atoms with E-state index in [4.69, 9.17) is 4.42 Å². The van der Waals surface area contributed by atoms with E-state index in [1.54, 1.807) is 12.5 Å². The molecule has 5 heteroatoms. The van der Waals surface area contributed by atoms with Crippen LogP contribution in [0.4, 0.5) is 0 Å². The molecule has 0 saturated carbocycles. The molecule has 0 spiro atoms. The number of hydrogen-bond donors (Lipinski definition) is 1. The number of pyridine rings is 1.